The summed E-state index contributed by atoms with van der Waals surface area (Å²) in [6.45, 7) is 0. The van der Waals surface area contributed by atoms with Gasteiger partial charge in [-0.3, -0.25) is 0 Å². The average Bonchev–Trinajstić information content (AvgIpc) is 3.83. The van der Waals surface area contributed by atoms with E-state index < -0.39 is 5.41 Å². The molecule has 3 nitrogen and oxygen atoms in total. The second-order valence-corrected chi connectivity index (χ2v) is 16.4. The van der Waals surface area contributed by atoms with Crippen LogP contribution in [0.2, 0.25) is 0 Å². The molecule has 0 atom stereocenters. The molecule has 1 aromatic heterocycles. The highest BCUT2D eigenvalue weighted by Crippen LogP contribution is 2.63. The number of fused-ring (bicyclic) bond motifs is 10. The molecule has 3 heteroatoms. The summed E-state index contributed by atoms with van der Waals surface area (Å²) in [7, 11) is 0. The van der Waals surface area contributed by atoms with E-state index in [9.17, 15) is 5.26 Å². The fourth-order valence-corrected chi connectivity index (χ4v) is 10.0. The van der Waals surface area contributed by atoms with Crippen molar-refractivity contribution in [1.82, 2.24) is 9.97 Å². The van der Waals surface area contributed by atoms with Crippen molar-refractivity contribution < 1.29 is 0 Å². The van der Waals surface area contributed by atoms with Gasteiger partial charge in [-0.1, -0.05) is 200 Å². The van der Waals surface area contributed by atoms with Gasteiger partial charge in [-0.2, -0.15) is 5.26 Å². The van der Waals surface area contributed by atoms with E-state index >= 15 is 0 Å². The van der Waals surface area contributed by atoms with Crippen molar-refractivity contribution >= 4 is 0 Å². The SMILES string of the molecule is N#Cc1ccc2c(c1)C1(c3ccccc3-c3ccccc31)c1cc(-c3ccc(-c4nc(-c5ccc(-c6ccccc6)cc5)cc(-c5ccc(-c6ccccc6)cc5)n4)cc3)ccc1-2. The second-order valence-electron chi connectivity index (χ2n) is 16.4. The molecule has 0 unspecified atom stereocenters. The summed E-state index contributed by atoms with van der Waals surface area (Å²) in [6, 6.07) is 82.0. The quantitative estimate of drug-likeness (QED) is 0.168. The summed E-state index contributed by atoms with van der Waals surface area (Å²) >= 11 is 0. The van der Waals surface area contributed by atoms with Gasteiger partial charge in [-0.25, -0.2) is 9.97 Å². The summed E-state index contributed by atoms with van der Waals surface area (Å²) in [5.74, 6) is 0.671. The Labute approximate surface area is 366 Å². The van der Waals surface area contributed by atoms with E-state index in [1.807, 2.05) is 18.2 Å². The van der Waals surface area contributed by atoms with Crippen LogP contribution in [0.25, 0.3) is 89.5 Å². The number of benzene rings is 9. The Morgan fingerprint density at radius 1 is 0.302 bits per heavy atom. The maximum Gasteiger partial charge on any atom is 0.160 e. The standard InChI is InChI=1S/C60H37N3/c61-38-39-19-33-51-52-34-32-48(36-56(52)60(55(51)35-39)53-17-9-7-15-49(53)50-16-8-10-18-54(50)60)44-24-30-47(31-25-44)59-62-57(45-26-20-42(21-27-45)40-11-3-1-4-12-40)37-58(63-59)46-28-22-43(23-29-46)41-13-5-2-6-14-41/h1-37H. The fraction of sp³-hybridized carbons (Fsp3) is 0.0167. The third-order valence-corrected chi connectivity index (χ3v) is 13.0. The van der Waals surface area contributed by atoms with E-state index in [0.717, 1.165) is 50.3 Å². The van der Waals surface area contributed by atoms with Gasteiger partial charge in [0, 0.05) is 16.7 Å². The highest BCUT2D eigenvalue weighted by atomic mass is 14.9. The Hall–Kier alpha value is -8.45. The van der Waals surface area contributed by atoms with Gasteiger partial charge in [0.2, 0.25) is 0 Å². The third-order valence-electron chi connectivity index (χ3n) is 13.0. The predicted octanol–water partition coefficient (Wildman–Crippen LogP) is 14.7. The number of aromatic nitrogens is 2. The van der Waals surface area contributed by atoms with Crippen LogP contribution in [0, 0.1) is 11.3 Å². The summed E-state index contributed by atoms with van der Waals surface area (Å²) in [6.07, 6.45) is 0. The zero-order valence-electron chi connectivity index (χ0n) is 34.2. The van der Waals surface area contributed by atoms with Crippen LogP contribution in [-0.4, -0.2) is 9.97 Å². The molecule has 292 valence electrons. The largest absolute Gasteiger partial charge is 0.228 e. The van der Waals surface area contributed by atoms with E-state index in [2.05, 4.69) is 212 Å². The van der Waals surface area contributed by atoms with Crippen LogP contribution < -0.4 is 0 Å². The maximum absolute atomic E-state index is 10.1. The van der Waals surface area contributed by atoms with Crippen LogP contribution in [0.5, 0.6) is 0 Å². The molecule has 1 heterocycles. The van der Waals surface area contributed by atoms with Crippen molar-refractivity contribution in [3.8, 4) is 95.6 Å². The van der Waals surface area contributed by atoms with E-state index in [4.69, 9.17) is 9.97 Å². The van der Waals surface area contributed by atoms with Crippen LogP contribution >= 0.6 is 0 Å². The van der Waals surface area contributed by atoms with Crippen molar-refractivity contribution in [2.45, 2.75) is 5.41 Å². The van der Waals surface area contributed by atoms with Crippen molar-refractivity contribution in [1.29, 1.82) is 5.26 Å². The summed E-state index contributed by atoms with van der Waals surface area (Å²) in [4.78, 5) is 10.4. The molecule has 0 saturated carbocycles. The lowest BCUT2D eigenvalue weighted by atomic mass is 9.70. The minimum absolute atomic E-state index is 0.538. The van der Waals surface area contributed by atoms with E-state index in [0.29, 0.717) is 11.4 Å². The topological polar surface area (TPSA) is 49.6 Å². The smallest absolute Gasteiger partial charge is 0.160 e. The van der Waals surface area contributed by atoms with Crippen LogP contribution in [0.1, 0.15) is 27.8 Å². The highest BCUT2D eigenvalue weighted by molar-refractivity contribution is 5.96. The van der Waals surface area contributed by atoms with Crippen molar-refractivity contribution in [3.05, 3.63) is 252 Å². The van der Waals surface area contributed by atoms with Gasteiger partial charge < -0.3 is 0 Å². The van der Waals surface area contributed by atoms with Crippen molar-refractivity contribution in [2.75, 3.05) is 0 Å². The van der Waals surface area contributed by atoms with Gasteiger partial charge in [0.05, 0.1) is 28.4 Å². The number of nitrogens with zero attached hydrogens (tertiary/aromatic N) is 3. The molecule has 0 amide bonds. The molecule has 12 rings (SSSR count). The van der Waals surface area contributed by atoms with E-state index in [1.54, 1.807) is 0 Å². The number of hydrogen-bond acceptors (Lipinski definition) is 3. The van der Waals surface area contributed by atoms with E-state index in [-0.39, 0.29) is 0 Å². The molecule has 0 saturated heterocycles. The van der Waals surface area contributed by atoms with Gasteiger partial charge in [0.1, 0.15) is 0 Å². The predicted molar refractivity (Wildman–Crippen MR) is 256 cm³/mol. The first-order valence-corrected chi connectivity index (χ1v) is 21.4. The zero-order valence-corrected chi connectivity index (χ0v) is 34.2. The minimum atomic E-state index is -0.538. The lowest BCUT2D eigenvalue weighted by molar-refractivity contribution is 0.793. The van der Waals surface area contributed by atoms with Crippen LogP contribution in [-0.2, 0) is 5.41 Å². The first-order chi connectivity index (χ1) is 31.2. The molecule has 2 aliphatic rings. The van der Waals surface area contributed by atoms with Gasteiger partial charge >= 0.3 is 0 Å². The van der Waals surface area contributed by atoms with Gasteiger partial charge in [-0.05, 0) is 102 Å². The Kier molecular flexibility index (Phi) is 8.45. The maximum atomic E-state index is 10.1. The monoisotopic (exact) mass is 799 g/mol. The third kappa shape index (κ3) is 5.88. The molecule has 0 fully saturated rings. The van der Waals surface area contributed by atoms with Gasteiger partial charge in [0.25, 0.3) is 0 Å². The second kappa shape index (κ2) is 14.6. The highest BCUT2D eigenvalue weighted by Gasteiger charge is 2.51. The molecule has 0 N–H and O–H groups in total. The molecule has 10 aromatic rings. The molecular formula is C60H37N3. The summed E-state index contributed by atoms with van der Waals surface area (Å²) < 4.78 is 0. The Bertz CT molecular complexity index is 3270. The zero-order chi connectivity index (χ0) is 41.9. The molecule has 0 radical (unpaired) electrons. The lowest BCUT2D eigenvalue weighted by Crippen LogP contribution is -2.26. The first kappa shape index (κ1) is 36.4. The molecule has 0 bridgehead atoms. The molecule has 63 heavy (non-hydrogen) atoms. The summed E-state index contributed by atoms with van der Waals surface area (Å²) in [5.41, 5.74) is 21.6. The number of hydrogen-bond donors (Lipinski definition) is 0. The molecule has 2 aliphatic carbocycles. The molecule has 0 aliphatic heterocycles. The van der Waals surface area contributed by atoms with Crippen LogP contribution in [0.3, 0.4) is 0 Å². The van der Waals surface area contributed by atoms with Crippen LogP contribution in [0.15, 0.2) is 224 Å². The Morgan fingerprint density at radius 3 is 1.21 bits per heavy atom. The van der Waals surface area contributed by atoms with Gasteiger partial charge in [0.15, 0.2) is 5.82 Å². The van der Waals surface area contributed by atoms with E-state index in [1.165, 1.54) is 55.6 Å². The number of rotatable bonds is 6. The normalized spacial score (nSPS) is 12.6. The molecular weight excluding hydrogens is 763 g/mol. The first-order valence-electron chi connectivity index (χ1n) is 21.4. The van der Waals surface area contributed by atoms with Crippen LogP contribution in [0.4, 0.5) is 0 Å². The van der Waals surface area contributed by atoms with Crippen molar-refractivity contribution in [2.24, 2.45) is 0 Å². The lowest BCUT2D eigenvalue weighted by Gasteiger charge is -2.30. The Morgan fingerprint density at radius 2 is 0.683 bits per heavy atom. The minimum Gasteiger partial charge on any atom is -0.228 e. The molecule has 9 aromatic carbocycles. The average molecular weight is 800 g/mol. The Balaban J connectivity index is 0.953. The summed E-state index contributed by atoms with van der Waals surface area (Å²) in [5, 5.41) is 10.1. The van der Waals surface area contributed by atoms with Gasteiger partial charge in [-0.15, -0.1) is 0 Å². The van der Waals surface area contributed by atoms with Crippen molar-refractivity contribution in [3.63, 3.8) is 0 Å². The molecule has 1 spiro atoms. The fourth-order valence-electron chi connectivity index (χ4n) is 10.0. The number of nitriles is 1.